The van der Waals surface area contributed by atoms with Crippen LogP contribution in [0.2, 0.25) is 0 Å². The predicted molar refractivity (Wildman–Crippen MR) is 50.2 cm³/mol. The van der Waals surface area contributed by atoms with Crippen LogP contribution in [0.1, 0.15) is 12.8 Å². The molecule has 0 radical (unpaired) electrons. The van der Waals surface area contributed by atoms with Crippen LogP contribution in [-0.4, -0.2) is 45.7 Å². The number of ether oxygens (including phenoxy) is 3. The molecule has 14 heavy (non-hydrogen) atoms. The lowest BCUT2D eigenvalue weighted by molar-refractivity contribution is -0.0564. The van der Waals surface area contributed by atoms with Crippen molar-refractivity contribution in [2.45, 2.75) is 25.0 Å². The largest absolute Gasteiger partial charge is 0.446 e. The highest BCUT2D eigenvalue weighted by atomic mass is 16.6. The highest BCUT2D eigenvalue weighted by Crippen LogP contribution is 2.25. The second-order valence-electron chi connectivity index (χ2n) is 3.28. The molecule has 0 spiro atoms. The number of rotatable bonds is 5. The first-order valence-electron chi connectivity index (χ1n) is 4.72. The van der Waals surface area contributed by atoms with Crippen molar-refractivity contribution in [3.63, 3.8) is 0 Å². The summed E-state index contributed by atoms with van der Waals surface area (Å²) >= 11 is 0. The van der Waals surface area contributed by atoms with Gasteiger partial charge in [-0.25, -0.2) is 4.79 Å². The molecule has 0 aromatic heterocycles. The van der Waals surface area contributed by atoms with Crippen LogP contribution in [0.25, 0.3) is 0 Å². The predicted octanol–water partition coefficient (Wildman–Crippen LogP) is 0.536. The van der Waals surface area contributed by atoms with Crippen molar-refractivity contribution >= 4 is 6.09 Å². The second kappa shape index (κ2) is 5.82. The number of alkyl carbamates (subject to hydrolysis) is 1. The molecule has 1 fully saturated rings. The highest BCUT2D eigenvalue weighted by molar-refractivity contribution is 5.67. The standard InChI is InChI=1S/C9H17NO4/c1-12-4-3-10-9(11)14-8-5-7(6-8)13-2/h7-8H,3-6H2,1-2H3,(H,10,11). The van der Waals surface area contributed by atoms with Crippen LogP contribution < -0.4 is 5.32 Å². The van der Waals surface area contributed by atoms with Gasteiger partial charge in [0.05, 0.1) is 12.7 Å². The van der Waals surface area contributed by atoms with E-state index in [0.717, 1.165) is 12.8 Å². The van der Waals surface area contributed by atoms with Crippen LogP contribution in [0.5, 0.6) is 0 Å². The molecule has 5 nitrogen and oxygen atoms in total. The molecule has 0 bridgehead atoms. The van der Waals surface area contributed by atoms with Crippen molar-refractivity contribution in [1.82, 2.24) is 5.32 Å². The Kier molecular flexibility index (Phi) is 4.69. The first-order chi connectivity index (χ1) is 6.76. The zero-order chi connectivity index (χ0) is 10.4. The van der Waals surface area contributed by atoms with E-state index in [2.05, 4.69) is 5.32 Å². The Bertz CT molecular complexity index is 180. The van der Waals surface area contributed by atoms with Crippen LogP contribution in [0.4, 0.5) is 4.79 Å². The molecular weight excluding hydrogens is 186 g/mol. The number of methoxy groups -OCH3 is 2. The Labute approximate surface area is 83.7 Å². The van der Waals surface area contributed by atoms with Gasteiger partial charge in [0.25, 0.3) is 0 Å². The first kappa shape index (κ1) is 11.3. The molecule has 5 heteroatoms. The number of nitrogens with one attached hydrogen (secondary N) is 1. The SMILES string of the molecule is COCCNC(=O)OC1CC(OC)C1. The van der Waals surface area contributed by atoms with E-state index < -0.39 is 0 Å². The van der Waals surface area contributed by atoms with Crippen molar-refractivity contribution in [1.29, 1.82) is 0 Å². The third-order valence-electron chi connectivity index (χ3n) is 2.23. The lowest BCUT2D eigenvalue weighted by Crippen LogP contribution is -2.41. The topological polar surface area (TPSA) is 56.8 Å². The smallest absolute Gasteiger partial charge is 0.407 e. The average Bonchev–Trinajstić information content (AvgIpc) is 2.11. The van der Waals surface area contributed by atoms with Crippen molar-refractivity contribution in [2.24, 2.45) is 0 Å². The van der Waals surface area contributed by atoms with Gasteiger partial charge in [0.1, 0.15) is 6.10 Å². The number of hydrogen-bond donors (Lipinski definition) is 1. The maximum Gasteiger partial charge on any atom is 0.407 e. The summed E-state index contributed by atoms with van der Waals surface area (Å²) in [7, 11) is 3.25. The molecule has 0 saturated heterocycles. The summed E-state index contributed by atoms with van der Waals surface area (Å²) in [6.07, 6.45) is 1.50. The molecule has 82 valence electrons. The number of carbonyl (C=O) groups is 1. The molecule has 1 N–H and O–H groups in total. The van der Waals surface area contributed by atoms with Crippen molar-refractivity contribution in [3.8, 4) is 0 Å². The van der Waals surface area contributed by atoms with Crippen molar-refractivity contribution in [2.75, 3.05) is 27.4 Å². The molecule has 0 atom stereocenters. The minimum atomic E-state index is -0.374. The molecule has 0 aliphatic heterocycles. The van der Waals surface area contributed by atoms with Gasteiger partial charge in [-0.3, -0.25) is 0 Å². The fraction of sp³-hybridized carbons (Fsp3) is 0.889. The molecule has 1 rings (SSSR count). The van der Waals surface area contributed by atoms with E-state index in [9.17, 15) is 4.79 Å². The summed E-state index contributed by atoms with van der Waals surface area (Å²) < 4.78 is 14.9. The minimum absolute atomic E-state index is 0.0162. The molecular formula is C9H17NO4. The molecule has 1 saturated carbocycles. The summed E-state index contributed by atoms with van der Waals surface area (Å²) in [6, 6.07) is 0. The molecule has 0 aromatic carbocycles. The number of hydrogen-bond acceptors (Lipinski definition) is 4. The third-order valence-corrected chi connectivity index (χ3v) is 2.23. The second-order valence-corrected chi connectivity index (χ2v) is 3.28. The van der Waals surface area contributed by atoms with Crippen LogP contribution in [0.15, 0.2) is 0 Å². The van der Waals surface area contributed by atoms with E-state index in [4.69, 9.17) is 14.2 Å². The third kappa shape index (κ3) is 3.51. The zero-order valence-electron chi connectivity index (χ0n) is 8.62. The summed E-state index contributed by atoms with van der Waals surface area (Å²) in [5, 5.41) is 2.59. The lowest BCUT2D eigenvalue weighted by atomic mass is 9.92. The van der Waals surface area contributed by atoms with Crippen LogP contribution in [0.3, 0.4) is 0 Å². The van der Waals surface area contributed by atoms with Gasteiger partial charge in [-0.15, -0.1) is 0 Å². The maximum absolute atomic E-state index is 11.1. The molecule has 1 aliphatic carbocycles. The van der Waals surface area contributed by atoms with Gasteiger partial charge in [0.2, 0.25) is 0 Å². The van der Waals surface area contributed by atoms with E-state index in [-0.39, 0.29) is 18.3 Å². The minimum Gasteiger partial charge on any atom is -0.446 e. The molecule has 0 unspecified atom stereocenters. The number of carbonyl (C=O) groups excluding carboxylic acids is 1. The van der Waals surface area contributed by atoms with Crippen LogP contribution in [-0.2, 0) is 14.2 Å². The van der Waals surface area contributed by atoms with Gasteiger partial charge in [0, 0.05) is 33.6 Å². The monoisotopic (exact) mass is 203 g/mol. The fourth-order valence-corrected chi connectivity index (χ4v) is 1.25. The van der Waals surface area contributed by atoms with Gasteiger partial charge >= 0.3 is 6.09 Å². The van der Waals surface area contributed by atoms with E-state index in [1.807, 2.05) is 0 Å². The van der Waals surface area contributed by atoms with Crippen LogP contribution in [0, 0.1) is 0 Å². The van der Waals surface area contributed by atoms with E-state index in [1.54, 1.807) is 14.2 Å². The molecule has 1 amide bonds. The summed E-state index contributed by atoms with van der Waals surface area (Å²) in [6.45, 7) is 0.982. The normalized spacial score (nSPS) is 25.3. The first-order valence-corrected chi connectivity index (χ1v) is 4.72. The van der Waals surface area contributed by atoms with Crippen molar-refractivity contribution in [3.05, 3.63) is 0 Å². The van der Waals surface area contributed by atoms with Gasteiger partial charge in [-0.2, -0.15) is 0 Å². The molecule has 0 heterocycles. The Morgan fingerprint density at radius 1 is 1.36 bits per heavy atom. The summed E-state index contributed by atoms with van der Waals surface area (Å²) in [5.41, 5.74) is 0. The van der Waals surface area contributed by atoms with Gasteiger partial charge in [0.15, 0.2) is 0 Å². The Hall–Kier alpha value is -0.810. The molecule has 0 aromatic rings. The van der Waals surface area contributed by atoms with Crippen LogP contribution >= 0.6 is 0 Å². The maximum atomic E-state index is 11.1. The fourth-order valence-electron chi connectivity index (χ4n) is 1.25. The summed E-state index contributed by atoms with van der Waals surface area (Å²) in [4.78, 5) is 11.1. The quantitative estimate of drug-likeness (QED) is 0.662. The summed E-state index contributed by atoms with van der Waals surface area (Å²) in [5.74, 6) is 0. The van der Waals surface area contributed by atoms with E-state index in [0.29, 0.717) is 13.2 Å². The Morgan fingerprint density at radius 3 is 2.64 bits per heavy atom. The highest BCUT2D eigenvalue weighted by Gasteiger charge is 2.31. The number of amides is 1. The van der Waals surface area contributed by atoms with Gasteiger partial charge in [-0.05, 0) is 0 Å². The Morgan fingerprint density at radius 2 is 2.07 bits per heavy atom. The zero-order valence-corrected chi connectivity index (χ0v) is 8.62. The van der Waals surface area contributed by atoms with E-state index in [1.165, 1.54) is 0 Å². The Balaban J connectivity index is 1.99. The van der Waals surface area contributed by atoms with E-state index >= 15 is 0 Å². The lowest BCUT2D eigenvalue weighted by Gasteiger charge is -2.33. The molecule has 1 aliphatic rings. The average molecular weight is 203 g/mol. The van der Waals surface area contributed by atoms with Gasteiger partial charge < -0.3 is 19.5 Å². The van der Waals surface area contributed by atoms with Crippen molar-refractivity contribution < 1.29 is 19.0 Å². The van der Waals surface area contributed by atoms with Gasteiger partial charge in [-0.1, -0.05) is 0 Å².